The molecule has 0 aliphatic carbocycles. The molecule has 138 valence electrons. The van der Waals surface area contributed by atoms with Crippen LogP contribution in [0.15, 0.2) is 60.7 Å². The van der Waals surface area contributed by atoms with E-state index >= 15 is 0 Å². The van der Waals surface area contributed by atoms with E-state index in [2.05, 4.69) is 5.32 Å². The second-order valence-electron chi connectivity index (χ2n) is 6.86. The zero-order chi connectivity index (χ0) is 19.2. The largest absolute Gasteiger partial charge is 0.480 e. The van der Waals surface area contributed by atoms with Crippen molar-refractivity contribution in [1.82, 2.24) is 10.2 Å². The number of hydrogen-bond acceptors (Lipinski definition) is 4. The highest BCUT2D eigenvalue weighted by atomic mass is 16.6. The molecule has 7 nitrogen and oxygen atoms in total. The molecule has 2 heterocycles. The molecule has 2 fully saturated rings. The third-order valence-corrected chi connectivity index (χ3v) is 5.23. The van der Waals surface area contributed by atoms with Gasteiger partial charge >= 0.3 is 12.0 Å². The Morgan fingerprint density at radius 3 is 2.07 bits per heavy atom. The molecule has 0 bridgehead atoms. The standard InChI is InChI=1S/C20H18N2O5/c1-19-16(22(12-15(23)24)18(26)21-17(19)25)20(27-19,13-8-4-2-5-9-13)14-10-6-3-7-11-14/h2-11,16H,12H2,1H3,(H,23,24)(H,21,25,26)/t16-,19-/m1/s1. The molecule has 2 aromatic rings. The van der Waals surface area contributed by atoms with Crippen molar-refractivity contribution in [3.8, 4) is 0 Å². The second kappa shape index (κ2) is 5.92. The minimum absolute atomic E-state index is 0.538. The zero-order valence-corrected chi connectivity index (χ0v) is 14.6. The zero-order valence-electron chi connectivity index (χ0n) is 14.6. The van der Waals surface area contributed by atoms with Crippen LogP contribution in [0.5, 0.6) is 0 Å². The number of fused-ring (bicyclic) bond motifs is 1. The van der Waals surface area contributed by atoms with Crippen LogP contribution in [0, 0.1) is 0 Å². The number of hydrogen-bond donors (Lipinski definition) is 2. The lowest BCUT2D eigenvalue weighted by Gasteiger charge is -2.64. The van der Waals surface area contributed by atoms with Crippen LogP contribution >= 0.6 is 0 Å². The maximum atomic E-state index is 12.5. The molecule has 0 unspecified atom stereocenters. The van der Waals surface area contributed by atoms with E-state index < -0.39 is 41.7 Å². The van der Waals surface area contributed by atoms with Crippen molar-refractivity contribution >= 4 is 17.9 Å². The highest BCUT2D eigenvalue weighted by Crippen LogP contribution is 2.56. The van der Waals surface area contributed by atoms with E-state index in [0.717, 1.165) is 11.1 Å². The minimum Gasteiger partial charge on any atom is -0.480 e. The molecule has 2 N–H and O–H groups in total. The number of benzene rings is 2. The SMILES string of the molecule is C[C@@]12OC(c3ccccc3)(c3ccccc3)[C@@H]1N(CC(=O)O)C(=O)NC2=O. The Hall–Kier alpha value is -3.19. The maximum Gasteiger partial charge on any atom is 0.325 e. The molecule has 27 heavy (non-hydrogen) atoms. The van der Waals surface area contributed by atoms with Gasteiger partial charge in [-0.05, 0) is 18.1 Å². The number of amides is 3. The Morgan fingerprint density at radius 1 is 1.07 bits per heavy atom. The molecule has 2 aliphatic rings. The first-order chi connectivity index (χ1) is 12.9. The van der Waals surface area contributed by atoms with Gasteiger partial charge < -0.3 is 14.7 Å². The van der Waals surface area contributed by atoms with Gasteiger partial charge in [-0.25, -0.2) is 4.79 Å². The third kappa shape index (κ3) is 2.35. The topological polar surface area (TPSA) is 95.9 Å². The van der Waals surface area contributed by atoms with Crippen molar-refractivity contribution in [3.05, 3.63) is 71.8 Å². The first-order valence-electron chi connectivity index (χ1n) is 8.54. The van der Waals surface area contributed by atoms with Gasteiger partial charge in [0.15, 0.2) is 5.60 Å². The number of nitrogens with zero attached hydrogens (tertiary/aromatic N) is 1. The number of imide groups is 1. The number of urea groups is 1. The van der Waals surface area contributed by atoms with E-state index in [1.807, 2.05) is 60.7 Å². The predicted molar refractivity (Wildman–Crippen MR) is 94.8 cm³/mol. The summed E-state index contributed by atoms with van der Waals surface area (Å²) < 4.78 is 6.26. The Morgan fingerprint density at radius 2 is 1.59 bits per heavy atom. The summed E-state index contributed by atoms with van der Waals surface area (Å²) in [5, 5.41) is 11.5. The average molecular weight is 366 g/mol. The highest BCUT2D eigenvalue weighted by Gasteiger charge is 2.72. The summed E-state index contributed by atoms with van der Waals surface area (Å²) in [5.41, 5.74) is -0.997. The Kier molecular flexibility index (Phi) is 3.78. The Balaban J connectivity index is 1.93. The lowest BCUT2D eigenvalue weighted by atomic mass is 9.65. The molecule has 2 atom stereocenters. The maximum absolute atomic E-state index is 12.5. The lowest BCUT2D eigenvalue weighted by molar-refractivity contribution is -0.292. The fraction of sp³-hybridized carbons (Fsp3) is 0.250. The van der Waals surface area contributed by atoms with Gasteiger partial charge in [0.1, 0.15) is 18.2 Å². The molecular weight excluding hydrogens is 348 g/mol. The molecule has 2 aromatic carbocycles. The number of nitrogens with one attached hydrogen (secondary N) is 1. The molecule has 3 amide bonds. The van der Waals surface area contributed by atoms with Crippen LogP contribution < -0.4 is 5.32 Å². The van der Waals surface area contributed by atoms with E-state index in [1.54, 1.807) is 6.92 Å². The van der Waals surface area contributed by atoms with Crippen molar-refractivity contribution in [2.45, 2.75) is 24.2 Å². The molecule has 0 aromatic heterocycles. The van der Waals surface area contributed by atoms with Crippen LogP contribution in [0.2, 0.25) is 0 Å². The van der Waals surface area contributed by atoms with Crippen molar-refractivity contribution in [3.63, 3.8) is 0 Å². The predicted octanol–water partition coefficient (Wildman–Crippen LogP) is 1.72. The van der Waals surface area contributed by atoms with Crippen molar-refractivity contribution < 1.29 is 24.2 Å². The van der Waals surface area contributed by atoms with Gasteiger partial charge in [0.25, 0.3) is 5.91 Å². The van der Waals surface area contributed by atoms with Gasteiger partial charge in [-0.2, -0.15) is 0 Å². The first-order valence-corrected chi connectivity index (χ1v) is 8.54. The number of carbonyl (C=O) groups excluding carboxylic acids is 2. The van der Waals surface area contributed by atoms with Gasteiger partial charge in [-0.1, -0.05) is 60.7 Å². The number of carboxylic acids is 1. The molecule has 0 spiro atoms. The molecule has 2 aliphatic heterocycles. The Bertz CT molecular complexity index is 875. The summed E-state index contributed by atoms with van der Waals surface area (Å²) in [5.74, 6) is -1.73. The third-order valence-electron chi connectivity index (χ3n) is 5.23. The number of aliphatic carboxylic acids is 1. The van der Waals surface area contributed by atoms with Crippen LogP contribution in [-0.4, -0.2) is 46.1 Å². The summed E-state index contributed by atoms with van der Waals surface area (Å²) in [6, 6.07) is 16.9. The van der Waals surface area contributed by atoms with Crippen molar-refractivity contribution in [1.29, 1.82) is 0 Å². The molecule has 2 saturated heterocycles. The smallest absolute Gasteiger partial charge is 0.325 e. The van der Waals surface area contributed by atoms with E-state index in [1.165, 1.54) is 4.90 Å². The number of ether oxygens (including phenoxy) is 1. The van der Waals surface area contributed by atoms with E-state index in [9.17, 15) is 19.5 Å². The highest BCUT2D eigenvalue weighted by molar-refractivity contribution is 6.04. The molecule has 0 radical (unpaired) electrons. The van der Waals surface area contributed by atoms with Crippen LogP contribution in [0.3, 0.4) is 0 Å². The van der Waals surface area contributed by atoms with Crippen LogP contribution in [-0.2, 0) is 19.9 Å². The van der Waals surface area contributed by atoms with E-state index in [-0.39, 0.29) is 0 Å². The monoisotopic (exact) mass is 366 g/mol. The van der Waals surface area contributed by atoms with Gasteiger partial charge in [0, 0.05) is 0 Å². The van der Waals surface area contributed by atoms with Gasteiger partial charge in [-0.15, -0.1) is 0 Å². The average Bonchev–Trinajstić information content (AvgIpc) is 2.65. The van der Waals surface area contributed by atoms with Crippen LogP contribution in [0.4, 0.5) is 4.79 Å². The van der Waals surface area contributed by atoms with E-state index in [4.69, 9.17) is 4.74 Å². The molecule has 7 heteroatoms. The number of carbonyl (C=O) groups is 3. The van der Waals surface area contributed by atoms with Crippen LogP contribution in [0.25, 0.3) is 0 Å². The number of rotatable bonds is 4. The van der Waals surface area contributed by atoms with Gasteiger partial charge in [0.2, 0.25) is 0 Å². The summed E-state index contributed by atoms with van der Waals surface area (Å²) >= 11 is 0. The fourth-order valence-corrected chi connectivity index (χ4v) is 4.15. The summed E-state index contributed by atoms with van der Waals surface area (Å²) in [4.78, 5) is 37.6. The van der Waals surface area contributed by atoms with Crippen LogP contribution in [0.1, 0.15) is 18.1 Å². The van der Waals surface area contributed by atoms with Gasteiger partial charge in [0.05, 0.1) is 0 Å². The summed E-state index contributed by atoms with van der Waals surface area (Å²) in [6.45, 7) is 1.04. The fourth-order valence-electron chi connectivity index (χ4n) is 4.15. The first kappa shape index (κ1) is 17.2. The minimum atomic E-state index is -1.35. The molecule has 4 rings (SSSR count). The van der Waals surface area contributed by atoms with Gasteiger partial charge in [-0.3, -0.25) is 14.9 Å². The van der Waals surface area contributed by atoms with E-state index in [0.29, 0.717) is 0 Å². The second-order valence-corrected chi connectivity index (χ2v) is 6.86. The van der Waals surface area contributed by atoms with Crippen molar-refractivity contribution in [2.75, 3.05) is 6.54 Å². The Labute approximate surface area is 155 Å². The summed E-state index contributed by atoms with van der Waals surface area (Å²) in [6.07, 6.45) is 0. The molecular formula is C20H18N2O5. The lowest BCUT2D eigenvalue weighted by Crippen LogP contribution is -2.84. The number of carboxylic acid groups (broad SMARTS) is 1. The normalized spacial score (nSPS) is 26.0. The summed E-state index contributed by atoms with van der Waals surface area (Å²) in [7, 11) is 0. The molecule has 0 saturated carbocycles. The van der Waals surface area contributed by atoms with Crippen molar-refractivity contribution in [2.24, 2.45) is 0 Å². The quantitative estimate of drug-likeness (QED) is 0.859.